The van der Waals surface area contributed by atoms with Gasteiger partial charge in [-0.25, -0.2) is 0 Å². The standard InChI is InChI=1S/C16H27N3OS/c1-5-19(6-2)16(20)15-12-14(8-10-17-15)18-13(4)9-11-21-7-3/h8,10,12-13H,5-7,9,11H2,1-4H3,(H,17,18). The molecule has 0 aliphatic heterocycles. The van der Waals surface area contributed by atoms with Gasteiger partial charge in [-0.1, -0.05) is 6.92 Å². The van der Waals surface area contributed by atoms with Crippen LogP contribution in [0.15, 0.2) is 18.3 Å². The molecular formula is C16H27N3OS. The van der Waals surface area contributed by atoms with Crippen LogP contribution in [0.5, 0.6) is 0 Å². The highest BCUT2D eigenvalue weighted by atomic mass is 32.2. The normalized spacial score (nSPS) is 12.0. The van der Waals surface area contributed by atoms with Crippen molar-refractivity contribution >= 4 is 23.4 Å². The van der Waals surface area contributed by atoms with E-state index in [9.17, 15) is 4.79 Å². The smallest absolute Gasteiger partial charge is 0.272 e. The second-order valence-electron chi connectivity index (χ2n) is 4.94. The topological polar surface area (TPSA) is 45.2 Å². The van der Waals surface area contributed by atoms with Gasteiger partial charge in [-0.3, -0.25) is 9.78 Å². The fourth-order valence-electron chi connectivity index (χ4n) is 2.07. The molecule has 21 heavy (non-hydrogen) atoms. The van der Waals surface area contributed by atoms with E-state index in [-0.39, 0.29) is 5.91 Å². The highest BCUT2D eigenvalue weighted by Crippen LogP contribution is 2.13. The molecule has 1 atom stereocenters. The van der Waals surface area contributed by atoms with E-state index >= 15 is 0 Å². The molecule has 4 nitrogen and oxygen atoms in total. The molecule has 5 heteroatoms. The van der Waals surface area contributed by atoms with Gasteiger partial charge in [-0.2, -0.15) is 11.8 Å². The number of carbonyl (C=O) groups excluding carboxylic acids is 1. The summed E-state index contributed by atoms with van der Waals surface area (Å²) in [6, 6.07) is 4.16. The summed E-state index contributed by atoms with van der Waals surface area (Å²) in [6.45, 7) is 9.73. The van der Waals surface area contributed by atoms with Crippen LogP contribution in [0.4, 0.5) is 5.69 Å². The third-order valence-corrected chi connectivity index (χ3v) is 4.27. The molecule has 0 fully saturated rings. The molecular weight excluding hydrogens is 282 g/mol. The van der Waals surface area contributed by atoms with Crippen molar-refractivity contribution in [3.05, 3.63) is 24.0 Å². The molecule has 0 spiro atoms. The lowest BCUT2D eigenvalue weighted by Gasteiger charge is -2.19. The summed E-state index contributed by atoms with van der Waals surface area (Å²) < 4.78 is 0. The van der Waals surface area contributed by atoms with Crippen molar-refractivity contribution in [3.63, 3.8) is 0 Å². The van der Waals surface area contributed by atoms with Crippen molar-refractivity contribution in [2.24, 2.45) is 0 Å². The molecule has 1 amide bonds. The molecule has 1 aromatic heterocycles. The van der Waals surface area contributed by atoms with Crippen molar-refractivity contribution < 1.29 is 4.79 Å². The van der Waals surface area contributed by atoms with Crippen LogP contribution in [0.3, 0.4) is 0 Å². The molecule has 1 heterocycles. The second kappa shape index (κ2) is 9.66. The van der Waals surface area contributed by atoms with Crippen LogP contribution in [0.2, 0.25) is 0 Å². The summed E-state index contributed by atoms with van der Waals surface area (Å²) in [4.78, 5) is 18.3. The minimum atomic E-state index is -0.00200. The third kappa shape index (κ3) is 5.96. The van der Waals surface area contributed by atoms with E-state index in [0.29, 0.717) is 24.8 Å². The van der Waals surface area contributed by atoms with E-state index in [1.807, 2.05) is 37.7 Å². The van der Waals surface area contributed by atoms with Crippen LogP contribution < -0.4 is 5.32 Å². The predicted molar refractivity (Wildman–Crippen MR) is 92.2 cm³/mol. The Hall–Kier alpha value is -1.23. The number of amides is 1. The fourth-order valence-corrected chi connectivity index (χ4v) is 2.88. The number of hydrogen-bond donors (Lipinski definition) is 1. The largest absolute Gasteiger partial charge is 0.382 e. The van der Waals surface area contributed by atoms with E-state index in [0.717, 1.165) is 23.6 Å². The van der Waals surface area contributed by atoms with E-state index in [1.165, 1.54) is 0 Å². The Morgan fingerprint density at radius 3 is 2.71 bits per heavy atom. The summed E-state index contributed by atoms with van der Waals surface area (Å²) in [5.41, 5.74) is 1.48. The number of aromatic nitrogens is 1. The molecule has 118 valence electrons. The summed E-state index contributed by atoms with van der Waals surface area (Å²) in [6.07, 6.45) is 2.81. The van der Waals surface area contributed by atoms with E-state index in [1.54, 1.807) is 11.1 Å². The number of hydrogen-bond acceptors (Lipinski definition) is 4. The Kier molecular flexibility index (Phi) is 8.20. The monoisotopic (exact) mass is 309 g/mol. The van der Waals surface area contributed by atoms with Crippen LogP contribution in [0.25, 0.3) is 0 Å². The van der Waals surface area contributed by atoms with E-state index in [4.69, 9.17) is 0 Å². The zero-order valence-corrected chi connectivity index (χ0v) is 14.4. The average Bonchev–Trinajstić information content (AvgIpc) is 2.49. The second-order valence-corrected chi connectivity index (χ2v) is 6.33. The van der Waals surface area contributed by atoms with Gasteiger partial charge in [0.1, 0.15) is 5.69 Å². The molecule has 0 aromatic carbocycles. The quantitative estimate of drug-likeness (QED) is 0.709. The Morgan fingerprint density at radius 1 is 1.38 bits per heavy atom. The van der Waals surface area contributed by atoms with E-state index < -0.39 is 0 Å². The lowest BCUT2D eigenvalue weighted by Crippen LogP contribution is -2.31. The van der Waals surface area contributed by atoms with Crippen molar-refractivity contribution in [1.82, 2.24) is 9.88 Å². The number of rotatable bonds is 9. The summed E-state index contributed by atoms with van der Waals surface area (Å²) >= 11 is 1.95. The highest BCUT2D eigenvalue weighted by Gasteiger charge is 2.14. The average molecular weight is 309 g/mol. The van der Waals surface area contributed by atoms with Crippen molar-refractivity contribution in [2.45, 2.75) is 40.2 Å². The van der Waals surface area contributed by atoms with E-state index in [2.05, 4.69) is 24.1 Å². The number of carbonyl (C=O) groups is 1. The van der Waals surface area contributed by atoms with Gasteiger partial charge in [0.25, 0.3) is 5.91 Å². The lowest BCUT2D eigenvalue weighted by molar-refractivity contribution is 0.0767. The summed E-state index contributed by atoms with van der Waals surface area (Å²) in [5.74, 6) is 2.31. The summed E-state index contributed by atoms with van der Waals surface area (Å²) in [5, 5.41) is 3.45. The predicted octanol–water partition coefficient (Wildman–Crippen LogP) is 3.51. The molecule has 1 unspecified atom stereocenters. The highest BCUT2D eigenvalue weighted by molar-refractivity contribution is 7.99. The number of thioether (sulfide) groups is 1. The Morgan fingerprint density at radius 2 is 2.10 bits per heavy atom. The first-order valence-corrected chi connectivity index (χ1v) is 8.87. The summed E-state index contributed by atoms with van der Waals surface area (Å²) in [7, 11) is 0. The minimum absolute atomic E-state index is 0.00200. The van der Waals surface area contributed by atoms with Crippen LogP contribution in [-0.2, 0) is 0 Å². The number of pyridine rings is 1. The minimum Gasteiger partial charge on any atom is -0.382 e. The Labute approximate surface area is 132 Å². The van der Waals surface area contributed by atoms with Crippen LogP contribution in [0.1, 0.15) is 44.6 Å². The Bertz CT molecular complexity index is 435. The zero-order chi connectivity index (χ0) is 15.7. The van der Waals surface area contributed by atoms with Crippen molar-refractivity contribution in [3.8, 4) is 0 Å². The fraction of sp³-hybridized carbons (Fsp3) is 0.625. The molecule has 0 aliphatic rings. The lowest BCUT2D eigenvalue weighted by atomic mass is 10.2. The maximum absolute atomic E-state index is 12.3. The van der Waals surface area contributed by atoms with Crippen molar-refractivity contribution in [2.75, 3.05) is 29.9 Å². The molecule has 0 bridgehead atoms. The first-order chi connectivity index (χ1) is 10.1. The van der Waals surface area contributed by atoms with Gasteiger partial charge in [0.05, 0.1) is 0 Å². The molecule has 0 aliphatic carbocycles. The van der Waals surface area contributed by atoms with Gasteiger partial charge in [-0.15, -0.1) is 0 Å². The van der Waals surface area contributed by atoms with Gasteiger partial charge in [0.15, 0.2) is 0 Å². The molecule has 0 saturated carbocycles. The first kappa shape index (κ1) is 17.8. The maximum Gasteiger partial charge on any atom is 0.272 e. The van der Waals surface area contributed by atoms with Gasteiger partial charge in [-0.05, 0) is 50.8 Å². The maximum atomic E-state index is 12.3. The van der Waals surface area contributed by atoms with Crippen LogP contribution in [0, 0.1) is 0 Å². The molecule has 1 rings (SSSR count). The van der Waals surface area contributed by atoms with Gasteiger partial charge >= 0.3 is 0 Å². The molecule has 0 radical (unpaired) electrons. The molecule has 1 N–H and O–H groups in total. The number of nitrogens with zero attached hydrogens (tertiary/aromatic N) is 2. The Balaban J connectivity index is 2.65. The number of nitrogens with one attached hydrogen (secondary N) is 1. The van der Waals surface area contributed by atoms with Gasteiger partial charge in [0, 0.05) is 31.0 Å². The van der Waals surface area contributed by atoms with Crippen molar-refractivity contribution in [1.29, 1.82) is 0 Å². The SMILES string of the molecule is CCSCCC(C)Nc1ccnc(C(=O)N(CC)CC)c1. The third-order valence-electron chi connectivity index (χ3n) is 3.34. The first-order valence-electron chi connectivity index (χ1n) is 7.71. The van der Waals surface area contributed by atoms with Gasteiger partial charge in [0.2, 0.25) is 0 Å². The van der Waals surface area contributed by atoms with Crippen LogP contribution >= 0.6 is 11.8 Å². The van der Waals surface area contributed by atoms with Crippen LogP contribution in [-0.4, -0.2) is 46.4 Å². The molecule has 0 saturated heterocycles. The van der Waals surface area contributed by atoms with Gasteiger partial charge < -0.3 is 10.2 Å². The zero-order valence-electron chi connectivity index (χ0n) is 13.6. The molecule has 1 aromatic rings. The number of anilines is 1.